The maximum Gasteiger partial charge on any atom is 0.519 e. The van der Waals surface area contributed by atoms with E-state index in [4.69, 9.17) is 19.2 Å². The minimum atomic E-state index is -1.92. The minimum Gasteiger partial charge on any atom is -0.458 e. The topological polar surface area (TPSA) is 163 Å². The Labute approximate surface area is 244 Å². The first-order valence-corrected chi connectivity index (χ1v) is 13.4. The van der Waals surface area contributed by atoms with E-state index in [1.165, 1.54) is 24.3 Å². The minimum absolute atomic E-state index is 0.0447. The van der Waals surface area contributed by atoms with Crippen LogP contribution in [-0.4, -0.2) is 50.7 Å². The second-order valence-corrected chi connectivity index (χ2v) is 10.7. The molecule has 0 radical (unpaired) electrons. The fourth-order valence-electron chi connectivity index (χ4n) is 5.51. The highest BCUT2D eigenvalue weighted by atomic mass is 16.7. The molecule has 2 aliphatic rings. The molecule has 0 saturated heterocycles. The number of non-ortho nitro benzene ring substituents is 1. The Bertz CT molecular complexity index is 1900. The Morgan fingerprint density at radius 2 is 1.91 bits per heavy atom. The molecule has 2 aliphatic heterocycles. The summed E-state index contributed by atoms with van der Waals surface area (Å²) in [6, 6.07) is 11.9. The Morgan fingerprint density at radius 1 is 1.16 bits per heavy atom. The lowest BCUT2D eigenvalue weighted by atomic mass is 9.86. The number of carbonyl (C=O) groups is 2. The number of nitro benzene ring substituents is 1. The summed E-state index contributed by atoms with van der Waals surface area (Å²) in [6.45, 7) is 2.02. The van der Waals surface area contributed by atoms with Gasteiger partial charge < -0.3 is 28.8 Å². The SMILES string of the molecule is CC[C@@]1(O)C(=O)OCc2c1cc1n(c2=O)Cc2cc3c(CN(C)C)c(OC(=O)Oc4ccc([N+](=O)[O-])cc4)ccc3nc2-1. The third-order valence-electron chi connectivity index (χ3n) is 7.68. The molecule has 13 heteroatoms. The van der Waals surface area contributed by atoms with Crippen molar-refractivity contribution in [1.82, 2.24) is 14.5 Å². The van der Waals surface area contributed by atoms with E-state index in [1.54, 1.807) is 29.7 Å². The molecule has 43 heavy (non-hydrogen) atoms. The molecule has 6 rings (SSSR count). The molecule has 1 atom stereocenters. The first-order valence-electron chi connectivity index (χ1n) is 13.4. The van der Waals surface area contributed by atoms with E-state index < -0.39 is 22.6 Å². The molecule has 13 nitrogen and oxygen atoms in total. The van der Waals surface area contributed by atoms with Crippen LogP contribution < -0.4 is 15.0 Å². The zero-order chi connectivity index (χ0) is 30.6. The van der Waals surface area contributed by atoms with Crippen molar-refractivity contribution in [3.63, 3.8) is 0 Å². The average Bonchev–Trinajstić information content (AvgIpc) is 3.33. The molecule has 0 fully saturated rings. The number of carbonyl (C=O) groups excluding carboxylic acids is 2. The Morgan fingerprint density at radius 3 is 2.58 bits per heavy atom. The number of hydrogen-bond donors (Lipinski definition) is 1. The number of pyridine rings is 2. The molecular weight excluding hydrogens is 560 g/mol. The molecule has 0 bridgehead atoms. The van der Waals surface area contributed by atoms with E-state index in [9.17, 15) is 29.6 Å². The van der Waals surface area contributed by atoms with Gasteiger partial charge in [0.05, 0.1) is 33.9 Å². The van der Waals surface area contributed by atoms with Crippen LogP contribution in [0.15, 0.2) is 53.3 Å². The number of rotatable bonds is 6. The van der Waals surface area contributed by atoms with Gasteiger partial charge in [0, 0.05) is 40.8 Å². The number of nitrogens with zero attached hydrogens (tertiary/aromatic N) is 4. The van der Waals surface area contributed by atoms with Crippen molar-refractivity contribution in [2.24, 2.45) is 0 Å². The molecule has 0 unspecified atom stereocenters. The van der Waals surface area contributed by atoms with Gasteiger partial charge >= 0.3 is 12.1 Å². The van der Waals surface area contributed by atoms with E-state index in [0.29, 0.717) is 34.4 Å². The first-order chi connectivity index (χ1) is 20.5. The zero-order valence-electron chi connectivity index (χ0n) is 23.4. The average molecular weight is 587 g/mol. The summed E-state index contributed by atoms with van der Waals surface area (Å²) in [7, 11) is 3.72. The van der Waals surface area contributed by atoms with E-state index in [0.717, 1.165) is 5.56 Å². The highest BCUT2D eigenvalue weighted by molar-refractivity contribution is 5.90. The summed E-state index contributed by atoms with van der Waals surface area (Å²) in [5.41, 5.74) is 1.06. The number of ether oxygens (including phenoxy) is 3. The molecule has 0 saturated carbocycles. The van der Waals surface area contributed by atoms with E-state index >= 15 is 0 Å². The molecule has 4 aromatic rings. The van der Waals surface area contributed by atoms with Crippen LogP contribution in [0, 0.1) is 10.1 Å². The molecule has 0 aliphatic carbocycles. The summed E-state index contributed by atoms with van der Waals surface area (Å²) in [5, 5.41) is 22.7. The fraction of sp³-hybridized carbons (Fsp3) is 0.267. The van der Waals surface area contributed by atoms with Crippen molar-refractivity contribution in [3.8, 4) is 22.9 Å². The lowest BCUT2D eigenvalue weighted by Gasteiger charge is -2.31. The predicted molar refractivity (Wildman–Crippen MR) is 152 cm³/mol. The van der Waals surface area contributed by atoms with Gasteiger partial charge in [0.15, 0.2) is 5.60 Å². The fourth-order valence-corrected chi connectivity index (χ4v) is 5.51. The maximum atomic E-state index is 13.5. The second kappa shape index (κ2) is 10.3. The summed E-state index contributed by atoms with van der Waals surface area (Å²) in [6.07, 6.45) is -0.977. The van der Waals surface area contributed by atoms with Crippen molar-refractivity contribution in [1.29, 1.82) is 0 Å². The number of nitro groups is 1. The van der Waals surface area contributed by atoms with Crippen molar-refractivity contribution < 1.29 is 33.8 Å². The van der Waals surface area contributed by atoms with Crippen LogP contribution in [0.1, 0.15) is 35.6 Å². The van der Waals surface area contributed by atoms with Crippen LogP contribution in [0.5, 0.6) is 11.5 Å². The van der Waals surface area contributed by atoms with Gasteiger partial charge in [0.25, 0.3) is 11.2 Å². The normalized spacial score (nSPS) is 16.8. The van der Waals surface area contributed by atoms with Gasteiger partial charge in [-0.1, -0.05) is 6.92 Å². The Balaban J connectivity index is 1.38. The Hall–Kier alpha value is -5.14. The van der Waals surface area contributed by atoms with Crippen LogP contribution in [0.2, 0.25) is 0 Å². The van der Waals surface area contributed by atoms with Gasteiger partial charge in [-0.15, -0.1) is 0 Å². The van der Waals surface area contributed by atoms with Crippen molar-refractivity contribution in [2.75, 3.05) is 14.1 Å². The zero-order valence-corrected chi connectivity index (χ0v) is 23.4. The largest absolute Gasteiger partial charge is 0.519 e. The summed E-state index contributed by atoms with van der Waals surface area (Å²) in [4.78, 5) is 55.7. The van der Waals surface area contributed by atoms with E-state index in [2.05, 4.69) is 0 Å². The van der Waals surface area contributed by atoms with Crippen molar-refractivity contribution in [3.05, 3.63) is 91.3 Å². The standard InChI is InChI=1S/C30H26N4O9/c1-4-30(38)22-12-24-26-16(13-33(24)27(35)21(22)15-41-28(30)36)11-19-20(14-32(2)3)25(10-9-23(19)31-26)43-29(37)42-18-7-5-17(6-8-18)34(39)40/h5-12,38H,4,13-15H2,1-3H3/t30-/m0/s1. The van der Waals surface area contributed by atoms with Gasteiger partial charge in [-0.2, -0.15) is 0 Å². The second-order valence-electron chi connectivity index (χ2n) is 10.7. The number of cyclic esters (lactones) is 1. The third kappa shape index (κ3) is 4.68. The number of aromatic nitrogens is 2. The van der Waals surface area contributed by atoms with Crippen LogP contribution in [-0.2, 0) is 34.8 Å². The lowest BCUT2D eigenvalue weighted by molar-refractivity contribution is -0.384. The highest BCUT2D eigenvalue weighted by Crippen LogP contribution is 2.40. The molecule has 1 N–H and O–H groups in total. The van der Waals surface area contributed by atoms with Crippen LogP contribution in [0.4, 0.5) is 10.5 Å². The summed E-state index contributed by atoms with van der Waals surface area (Å²) in [5.74, 6) is -0.468. The van der Waals surface area contributed by atoms with Gasteiger partial charge in [-0.25, -0.2) is 14.6 Å². The smallest absolute Gasteiger partial charge is 0.458 e. The van der Waals surface area contributed by atoms with Gasteiger partial charge in [0.2, 0.25) is 0 Å². The van der Waals surface area contributed by atoms with Gasteiger partial charge in [0.1, 0.15) is 18.1 Å². The van der Waals surface area contributed by atoms with Crippen molar-refractivity contribution in [2.45, 2.75) is 38.6 Å². The van der Waals surface area contributed by atoms with Crippen LogP contribution in [0.3, 0.4) is 0 Å². The quantitative estimate of drug-likeness (QED) is 0.134. The Kier molecular flexibility index (Phi) is 6.70. The number of hydrogen-bond acceptors (Lipinski definition) is 11. The number of benzene rings is 2. The summed E-state index contributed by atoms with van der Waals surface area (Å²) < 4.78 is 17.5. The van der Waals surface area contributed by atoms with Crippen molar-refractivity contribution >= 4 is 28.7 Å². The molecule has 0 amide bonds. The number of aliphatic hydroxyl groups is 1. The van der Waals surface area contributed by atoms with Gasteiger partial charge in [-0.3, -0.25) is 14.9 Å². The van der Waals surface area contributed by atoms with E-state index in [-0.39, 0.29) is 53.4 Å². The third-order valence-corrected chi connectivity index (χ3v) is 7.68. The molecule has 220 valence electrons. The maximum absolute atomic E-state index is 13.5. The van der Waals surface area contributed by atoms with E-state index in [1.807, 2.05) is 25.1 Å². The van der Waals surface area contributed by atoms with Gasteiger partial charge in [-0.05, 0) is 56.9 Å². The lowest BCUT2D eigenvalue weighted by Crippen LogP contribution is -2.44. The number of fused-ring (bicyclic) bond motifs is 5. The highest BCUT2D eigenvalue weighted by Gasteiger charge is 2.45. The van der Waals surface area contributed by atoms with Crippen LogP contribution >= 0.6 is 0 Å². The molecule has 0 spiro atoms. The molecule has 2 aromatic heterocycles. The number of esters is 1. The predicted octanol–water partition coefficient (Wildman–Crippen LogP) is 3.63. The molecular formula is C30H26N4O9. The monoisotopic (exact) mass is 586 g/mol. The molecule has 2 aromatic carbocycles. The summed E-state index contributed by atoms with van der Waals surface area (Å²) >= 11 is 0. The molecule has 4 heterocycles. The first kappa shape index (κ1) is 28.0. The van der Waals surface area contributed by atoms with Crippen LogP contribution in [0.25, 0.3) is 22.3 Å².